The van der Waals surface area contributed by atoms with Crippen molar-refractivity contribution in [3.8, 4) is 5.75 Å². The van der Waals surface area contributed by atoms with E-state index in [0.29, 0.717) is 0 Å². The molecular weight excluding hydrogens is 193 g/mol. The van der Waals surface area contributed by atoms with Crippen LogP contribution in [0.15, 0.2) is 24.3 Å². The van der Waals surface area contributed by atoms with Gasteiger partial charge in [-0.25, -0.2) is 4.39 Å². The Morgan fingerprint density at radius 1 is 1.40 bits per heavy atom. The van der Waals surface area contributed by atoms with Crippen molar-refractivity contribution in [3.05, 3.63) is 29.8 Å². The lowest BCUT2D eigenvalue weighted by atomic mass is 10.0. The molecule has 2 nitrogen and oxygen atoms in total. The van der Waals surface area contributed by atoms with E-state index in [9.17, 15) is 4.39 Å². The van der Waals surface area contributed by atoms with Gasteiger partial charge in [0.15, 0.2) is 0 Å². The van der Waals surface area contributed by atoms with Crippen molar-refractivity contribution in [3.63, 3.8) is 0 Å². The van der Waals surface area contributed by atoms with Crippen LogP contribution in [0, 0.1) is 0 Å². The molecule has 3 heteroatoms. The minimum Gasteiger partial charge on any atom is -0.491 e. The third-order valence-electron chi connectivity index (χ3n) is 2.39. The van der Waals surface area contributed by atoms with Gasteiger partial charge in [-0.2, -0.15) is 0 Å². The Morgan fingerprint density at radius 2 is 2.13 bits per heavy atom. The van der Waals surface area contributed by atoms with Crippen LogP contribution in [0.2, 0.25) is 0 Å². The van der Waals surface area contributed by atoms with E-state index in [4.69, 9.17) is 4.74 Å². The number of hydrogen-bond acceptors (Lipinski definition) is 2. The summed E-state index contributed by atoms with van der Waals surface area (Å²) in [6.07, 6.45) is 0.979. The summed E-state index contributed by atoms with van der Waals surface area (Å²) in [6, 6.07) is 8.03. The summed E-state index contributed by atoms with van der Waals surface area (Å²) in [4.78, 5) is 0. The maximum Gasteiger partial charge on any atom is 0.124 e. The Labute approximate surface area is 90.4 Å². The van der Waals surface area contributed by atoms with Crippen LogP contribution in [0.25, 0.3) is 0 Å². The van der Waals surface area contributed by atoms with E-state index in [-0.39, 0.29) is 12.6 Å². The minimum absolute atomic E-state index is 0.122. The van der Waals surface area contributed by atoms with Gasteiger partial charge in [-0.1, -0.05) is 25.1 Å². The van der Waals surface area contributed by atoms with Crippen LogP contribution in [0.1, 0.15) is 24.9 Å². The van der Waals surface area contributed by atoms with E-state index in [1.165, 1.54) is 0 Å². The molecule has 0 spiro atoms. The topological polar surface area (TPSA) is 21.3 Å². The zero-order chi connectivity index (χ0) is 11.1. The fourth-order valence-corrected chi connectivity index (χ4v) is 1.63. The normalized spacial score (nSPS) is 12.5. The van der Waals surface area contributed by atoms with Crippen molar-refractivity contribution in [1.29, 1.82) is 0 Å². The molecule has 1 aromatic carbocycles. The molecule has 1 unspecified atom stereocenters. The lowest BCUT2D eigenvalue weighted by Crippen LogP contribution is -2.16. The highest BCUT2D eigenvalue weighted by atomic mass is 19.1. The number of hydrogen-bond donors (Lipinski definition) is 1. The van der Waals surface area contributed by atoms with Gasteiger partial charge >= 0.3 is 0 Å². The average Bonchev–Trinajstić information content (AvgIpc) is 2.29. The highest BCUT2D eigenvalue weighted by molar-refractivity contribution is 5.35. The highest BCUT2D eigenvalue weighted by Gasteiger charge is 2.11. The van der Waals surface area contributed by atoms with E-state index in [2.05, 4.69) is 12.2 Å². The van der Waals surface area contributed by atoms with Crippen molar-refractivity contribution in [2.75, 3.05) is 20.3 Å². The number of rotatable bonds is 6. The molecule has 0 saturated carbocycles. The average molecular weight is 211 g/mol. The number of alkyl halides is 1. The van der Waals surface area contributed by atoms with Gasteiger partial charge in [0.05, 0.1) is 0 Å². The second-order valence-electron chi connectivity index (χ2n) is 3.32. The maximum atomic E-state index is 12.0. The standard InChI is InChI=1S/C12H18FNO/c1-3-11(14-2)10-6-4-5-7-12(10)15-9-8-13/h4-7,11,14H,3,8-9H2,1-2H3. The summed E-state index contributed by atoms with van der Waals surface area (Å²) in [5.41, 5.74) is 1.09. The predicted molar refractivity (Wildman–Crippen MR) is 60.0 cm³/mol. The van der Waals surface area contributed by atoms with Gasteiger partial charge in [-0.3, -0.25) is 0 Å². The molecule has 1 rings (SSSR count). The van der Waals surface area contributed by atoms with Gasteiger partial charge in [0.25, 0.3) is 0 Å². The van der Waals surface area contributed by atoms with Gasteiger partial charge in [0, 0.05) is 11.6 Å². The van der Waals surface area contributed by atoms with Crippen LogP contribution in [0.5, 0.6) is 5.75 Å². The Balaban J connectivity index is 2.84. The molecule has 1 atom stereocenters. The first-order valence-corrected chi connectivity index (χ1v) is 5.28. The van der Waals surface area contributed by atoms with Crippen LogP contribution < -0.4 is 10.1 Å². The summed E-state index contributed by atoms with van der Waals surface area (Å²) in [5.74, 6) is 0.774. The summed E-state index contributed by atoms with van der Waals surface area (Å²) >= 11 is 0. The first kappa shape index (κ1) is 12.0. The molecule has 84 valence electrons. The van der Waals surface area contributed by atoms with E-state index >= 15 is 0 Å². The molecule has 0 bridgehead atoms. The Kier molecular flexibility index (Phi) is 5.12. The molecule has 0 aliphatic carbocycles. The van der Waals surface area contributed by atoms with Crippen molar-refractivity contribution >= 4 is 0 Å². The molecule has 0 fully saturated rings. The zero-order valence-electron chi connectivity index (χ0n) is 9.29. The summed E-state index contributed by atoms with van der Waals surface area (Å²) in [5, 5.41) is 3.21. The van der Waals surface area contributed by atoms with E-state index in [0.717, 1.165) is 17.7 Å². The second-order valence-corrected chi connectivity index (χ2v) is 3.32. The third kappa shape index (κ3) is 3.20. The Hall–Kier alpha value is -1.09. The van der Waals surface area contributed by atoms with E-state index in [1.807, 2.05) is 31.3 Å². The number of nitrogens with one attached hydrogen (secondary N) is 1. The minimum atomic E-state index is -0.454. The third-order valence-corrected chi connectivity index (χ3v) is 2.39. The molecule has 1 N–H and O–H groups in total. The monoisotopic (exact) mass is 211 g/mol. The highest BCUT2D eigenvalue weighted by Crippen LogP contribution is 2.26. The molecule has 0 heterocycles. The fourth-order valence-electron chi connectivity index (χ4n) is 1.63. The van der Waals surface area contributed by atoms with Crippen molar-refractivity contribution < 1.29 is 9.13 Å². The number of benzene rings is 1. The first-order valence-electron chi connectivity index (χ1n) is 5.28. The number of ether oxygens (including phenoxy) is 1. The first-order chi connectivity index (χ1) is 7.33. The maximum absolute atomic E-state index is 12.0. The summed E-state index contributed by atoms with van der Waals surface area (Å²) in [6.45, 7) is 1.77. The lowest BCUT2D eigenvalue weighted by Gasteiger charge is -2.18. The van der Waals surface area contributed by atoms with Crippen LogP contribution in [-0.4, -0.2) is 20.3 Å². The molecule has 0 aromatic heterocycles. The van der Waals surface area contributed by atoms with Crippen molar-refractivity contribution in [2.45, 2.75) is 19.4 Å². The van der Waals surface area contributed by atoms with Crippen molar-refractivity contribution in [2.24, 2.45) is 0 Å². The molecule has 0 radical (unpaired) electrons. The van der Waals surface area contributed by atoms with Crippen LogP contribution >= 0.6 is 0 Å². The van der Waals surface area contributed by atoms with E-state index < -0.39 is 6.67 Å². The zero-order valence-corrected chi connectivity index (χ0v) is 9.29. The quantitative estimate of drug-likeness (QED) is 0.781. The van der Waals surface area contributed by atoms with Gasteiger partial charge in [-0.15, -0.1) is 0 Å². The van der Waals surface area contributed by atoms with Crippen LogP contribution in [0.3, 0.4) is 0 Å². The molecule has 1 aromatic rings. The number of para-hydroxylation sites is 1. The molecule has 0 aliphatic rings. The molecular formula is C12H18FNO. The van der Waals surface area contributed by atoms with Gasteiger partial charge in [-0.05, 0) is 19.5 Å². The van der Waals surface area contributed by atoms with Crippen LogP contribution in [-0.2, 0) is 0 Å². The summed E-state index contributed by atoms with van der Waals surface area (Å²) < 4.78 is 17.4. The van der Waals surface area contributed by atoms with Crippen LogP contribution in [0.4, 0.5) is 4.39 Å². The Bertz CT molecular complexity index is 287. The largest absolute Gasteiger partial charge is 0.491 e. The van der Waals surface area contributed by atoms with Gasteiger partial charge in [0.1, 0.15) is 19.0 Å². The lowest BCUT2D eigenvalue weighted by molar-refractivity contribution is 0.268. The Morgan fingerprint density at radius 3 is 2.73 bits per heavy atom. The molecule has 0 saturated heterocycles. The van der Waals surface area contributed by atoms with Gasteiger partial charge < -0.3 is 10.1 Å². The van der Waals surface area contributed by atoms with Gasteiger partial charge in [0.2, 0.25) is 0 Å². The second kappa shape index (κ2) is 6.40. The number of halogens is 1. The smallest absolute Gasteiger partial charge is 0.124 e. The molecule has 15 heavy (non-hydrogen) atoms. The predicted octanol–water partition coefficient (Wildman–Crippen LogP) is 2.71. The SMILES string of the molecule is CCC(NC)c1ccccc1OCCF. The van der Waals surface area contributed by atoms with Crippen molar-refractivity contribution in [1.82, 2.24) is 5.32 Å². The summed E-state index contributed by atoms with van der Waals surface area (Å²) in [7, 11) is 1.92. The fraction of sp³-hybridized carbons (Fsp3) is 0.500. The van der Waals surface area contributed by atoms with E-state index in [1.54, 1.807) is 0 Å². The molecule has 0 amide bonds. The molecule has 0 aliphatic heterocycles.